The predicted octanol–water partition coefficient (Wildman–Crippen LogP) is 1.59. The number of amides is 1. The molecule has 0 saturated heterocycles. The first-order valence-electron chi connectivity index (χ1n) is 7.19. The third kappa shape index (κ3) is 3.15. The molecule has 0 bridgehead atoms. The minimum atomic E-state index is 0.0402. The summed E-state index contributed by atoms with van der Waals surface area (Å²) in [6.45, 7) is 8.95. The third-order valence-corrected chi connectivity index (χ3v) is 3.74. The Bertz CT molecular complexity index is 441. The summed E-state index contributed by atoms with van der Waals surface area (Å²) in [4.78, 5) is 20.9. The highest BCUT2D eigenvalue weighted by Gasteiger charge is 2.21. The Morgan fingerprint density at radius 1 is 1.42 bits per heavy atom. The normalized spacial score (nSPS) is 15.3. The summed E-state index contributed by atoms with van der Waals surface area (Å²) in [7, 11) is 1.86. The first kappa shape index (κ1) is 14.1. The highest BCUT2D eigenvalue weighted by molar-refractivity contribution is 5.92. The molecule has 1 aliphatic rings. The van der Waals surface area contributed by atoms with Crippen LogP contribution in [0.4, 0.5) is 0 Å². The summed E-state index contributed by atoms with van der Waals surface area (Å²) >= 11 is 0. The second-order valence-electron chi connectivity index (χ2n) is 5.18. The van der Waals surface area contributed by atoms with E-state index in [1.807, 2.05) is 13.2 Å². The monoisotopic (exact) mass is 264 g/mol. The van der Waals surface area contributed by atoms with Crippen LogP contribution >= 0.6 is 0 Å². The van der Waals surface area contributed by atoms with Crippen LogP contribution in [0.5, 0.6) is 0 Å². The number of hydrogen-bond donors (Lipinski definition) is 0. The summed E-state index contributed by atoms with van der Waals surface area (Å²) in [5.41, 5.74) is 0.589. The fourth-order valence-electron chi connectivity index (χ4n) is 2.37. The van der Waals surface area contributed by atoms with E-state index in [9.17, 15) is 4.79 Å². The molecule has 5 nitrogen and oxygen atoms in total. The van der Waals surface area contributed by atoms with Gasteiger partial charge in [-0.05, 0) is 13.0 Å². The molecule has 0 unspecified atom stereocenters. The van der Waals surface area contributed by atoms with Crippen LogP contribution in [-0.4, -0.2) is 51.9 Å². The van der Waals surface area contributed by atoms with Gasteiger partial charge >= 0.3 is 0 Å². The largest absolute Gasteiger partial charge is 0.340 e. The lowest BCUT2D eigenvalue weighted by Gasteiger charge is -2.25. The number of fused-ring (bicyclic) bond motifs is 1. The molecular formula is C14H24N4O. The van der Waals surface area contributed by atoms with Gasteiger partial charge < -0.3 is 9.47 Å². The van der Waals surface area contributed by atoms with Crippen LogP contribution in [0.1, 0.15) is 43.0 Å². The molecule has 1 aromatic heterocycles. The smallest absolute Gasteiger partial charge is 0.273 e. The van der Waals surface area contributed by atoms with Gasteiger partial charge in [0.05, 0.1) is 6.54 Å². The highest BCUT2D eigenvalue weighted by Crippen LogP contribution is 2.13. The van der Waals surface area contributed by atoms with E-state index in [0.717, 1.165) is 51.4 Å². The van der Waals surface area contributed by atoms with Crippen molar-refractivity contribution in [1.82, 2.24) is 19.4 Å². The number of hydrogen-bond acceptors (Lipinski definition) is 3. The first-order chi connectivity index (χ1) is 9.15. The van der Waals surface area contributed by atoms with Crippen molar-refractivity contribution < 1.29 is 4.79 Å². The lowest BCUT2D eigenvalue weighted by Crippen LogP contribution is -2.33. The molecule has 0 fully saturated rings. The lowest BCUT2D eigenvalue weighted by molar-refractivity contribution is 0.0788. The highest BCUT2D eigenvalue weighted by atomic mass is 16.2. The van der Waals surface area contributed by atoms with Crippen LogP contribution in [0.3, 0.4) is 0 Å². The molecule has 0 aliphatic carbocycles. The number of aromatic nitrogens is 2. The predicted molar refractivity (Wildman–Crippen MR) is 75.0 cm³/mol. The van der Waals surface area contributed by atoms with Crippen LogP contribution in [0.15, 0.2) is 6.20 Å². The van der Waals surface area contributed by atoms with Gasteiger partial charge in [0.2, 0.25) is 0 Å². The number of unbranched alkanes of at least 4 members (excludes halogenated alkanes) is 1. The lowest BCUT2D eigenvalue weighted by atomic mass is 10.3. The van der Waals surface area contributed by atoms with Gasteiger partial charge in [0.25, 0.3) is 5.91 Å². The van der Waals surface area contributed by atoms with Crippen molar-refractivity contribution in [2.45, 2.75) is 39.8 Å². The summed E-state index contributed by atoms with van der Waals surface area (Å²) < 4.78 is 2.12. The first-order valence-corrected chi connectivity index (χ1v) is 7.19. The molecule has 2 heterocycles. The van der Waals surface area contributed by atoms with Crippen molar-refractivity contribution in [1.29, 1.82) is 0 Å². The van der Waals surface area contributed by atoms with Gasteiger partial charge in [0.15, 0.2) is 0 Å². The maximum Gasteiger partial charge on any atom is 0.273 e. The molecule has 0 spiro atoms. The van der Waals surface area contributed by atoms with Crippen molar-refractivity contribution in [3.05, 3.63) is 17.7 Å². The fourth-order valence-corrected chi connectivity index (χ4v) is 2.37. The Morgan fingerprint density at radius 3 is 2.89 bits per heavy atom. The number of rotatable bonds is 5. The molecule has 0 N–H and O–H groups in total. The molecule has 19 heavy (non-hydrogen) atoms. The summed E-state index contributed by atoms with van der Waals surface area (Å²) in [6, 6.07) is 0. The molecular weight excluding hydrogens is 240 g/mol. The number of likely N-dealkylation sites (N-methyl/N-ethyl adjacent to an activating group) is 1. The van der Waals surface area contributed by atoms with E-state index in [0.29, 0.717) is 5.69 Å². The van der Waals surface area contributed by atoms with Crippen LogP contribution in [0, 0.1) is 0 Å². The topological polar surface area (TPSA) is 41.4 Å². The van der Waals surface area contributed by atoms with Crippen molar-refractivity contribution in [3.8, 4) is 0 Å². The molecule has 1 aliphatic heterocycles. The number of carbonyl (C=O) groups is 1. The number of carbonyl (C=O) groups excluding carboxylic acids is 1. The van der Waals surface area contributed by atoms with Crippen molar-refractivity contribution in [2.24, 2.45) is 0 Å². The van der Waals surface area contributed by atoms with Crippen LogP contribution in [0.2, 0.25) is 0 Å². The quantitative estimate of drug-likeness (QED) is 0.811. The fraction of sp³-hybridized carbons (Fsp3) is 0.714. The molecule has 1 aromatic rings. The minimum absolute atomic E-state index is 0.0402. The second kappa shape index (κ2) is 6.19. The van der Waals surface area contributed by atoms with E-state index < -0.39 is 0 Å². The van der Waals surface area contributed by atoms with E-state index in [1.165, 1.54) is 0 Å². The second-order valence-corrected chi connectivity index (χ2v) is 5.18. The van der Waals surface area contributed by atoms with Gasteiger partial charge in [0, 0.05) is 32.9 Å². The molecule has 0 atom stereocenters. The number of nitrogens with zero attached hydrogens (tertiary/aromatic N) is 4. The SMILES string of the molecule is CCCCN(C)C(=O)c1cn2c(n1)CN(CC)CC2. The van der Waals surface area contributed by atoms with Gasteiger partial charge in [-0.1, -0.05) is 20.3 Å². The van der Waals surface area contributed by atoms with Gasteiger partial charge in [-0.15, -0.1) is 0 Å². The molecule has 1 amide bonds. The van der Waals surface area contributed by atoms with Crippen molar-refractivity contribution in [2.75, 3.05) is 26.7 Å². The summed E-state index contributed by atoms with van der Waals surface area (Å²) in [5, 5.41) is 0. The maximum absolute atomic E-state index is 12.3. The Kier molecular flexibility index (Phi) is 4.58. The third-order valence-electron chi connectivity index (χ3n) is 3.74. The van der Waals surface area contributed by atoms with Crippen LogP contribution < -0.4 is 0 Å². The van der Waals surface area contributed by atoms with E-state index in [2.05, 4.69) is 28.3 Å². The Balaban J connectivity index is 2.06. The zero-order chi connectivity index (χ0) is 13.8. The van der Waals surface area contributed by atoms with Crippen molar-refractivity contribution in [3.63, 3.8) is 0 Å². The van der Waals surface area contributed by atoms with E-state index in [4.69, 9.17) is 0 Å². The van der Waals surface area contributed by atoms with Crippen molar-refractivity contribution >= 4 is 5.91 Å². The van der Waals surface area contributed by atoms with Gasteiger partial charge in [0.1, 0.15) is 11.5 Å². The van der Waals surface area contributed by atoms with Crippen LogP contribution in [-0.2, 0) is 13.1 Å². The molecule has 0 radical (unpaired) electrons. The zero-order valence-electron chi connectivity index (χ0n) is 12.2. The van der Waals surface area contributed by atoms with E-state index >= 15 is 0 Å². The van der Waals surface area contributed by atoms with Gasteiger partial charge in [-0.25, -0.2) is 4.98 Å². The minimum Gasteiger partial charge on any atom is -0.340 e. The molecule has 106 valence electrons. The standard InChI is InChI=1S/C14H24N4O/c1-4-6-7-16(3)14(19)12-10-18-9-8-17(5-2)11-13(18)15-12/h10H,4-9,11H2,1-3H3. The van der Waals surface area contributed by atoms with E-state index in [1.54, 1.807) is 4.90 Å². The average molecular weight is 264 g/mol. The van der Waals surface area contributed by atoms with E-state index in [-0.39, 0.29) is 5.91 Å². The Hall–Kier alpha value is -1.36. The summed E-state index contributed by atoms with van der Waals surface area (Å²) in [5.74, 6) is 1.05. The zero-order valence-corrected chi connectivity index (χ0v) is 12.2. The molecule has 0 aromatic carbocycles. The number of imidazole rings is 1. The Labute approximate surface area is 115 Å². The maximum atomic E-state index is 12.3. The average Bonchev–Trinajstić information content (AvgIpc) is 2.86. The summed E-state index contributed by atoms with van der Waals surface area (Å²) in [6.07, 6.45) is 4.05. The molecule has 5 heteroatoms. The van der Waals surface area contributed by atoms with Gasteiger partial charge in [-0.2, -0.15) is 0 Å². The van der Waals surface area contributed by atoms with Crippen LogP contribution in [0.25, 0.3) is 0 Å². The Morgan fingerprint density at radius 2 is 2.21 bits per heavy atom. The van der Waals surface area contributed by atoms with Gasteiger partial charge in [-0.3, -0.25) is 9.69 Å². The molecule has 2 rings (SSSR count). The molecule has 0 saturated carbocycles.